The van der Waals surface area contributed by atoms with Gasteiger partial charge in [-0.25, -0.2) is 0 Å². The number of halogens is 3. The molecule has 0 saturated heterocycles. The van der Waals surface area contributed by atoms with Crippen LogP contribution in [0.1, 0.15) is 30.0 Å². The second-order valence-electron chi connectivity index (χ2n) is 6.58. The highest BCUT2D eigenvalue weighted by atomic mass is 19.4. The molecule has 0 atom stereocenters. The number of allylic oxidation sites excluding steroid dienone is 1. The smallest absolute Gasteiger partial charge is 0.388 e. The van der Waals surface area contributed by atoms with Gasteiger partial charge in [-0.3, -0.25) is 0 Å². The molecular weight excluding hydrogens is 347 g/mol. The molecule has 1 N–H and O–H groups in total. The monoisotopic (exact) mass is 369 g/mol. The van der Waals surface area contributed by atoms with Crippen LogP contribution in [0.5, 0.6) is 0 Å². The minimum atomic E-state index is -4.32. The number of alkyl halides is 3. The first kappa shape index (κ1) is 19.0. The lowest BCUT2D eigenvalue weighted by molar-refractivity contribution is -0.137. The average Bonchev–Trinajstić information content (AvgIpc) is 2.65. The van der Waals surface area contributed by atoms with E-state index in [4.69, 9.17) is 0 Å². The molecule has 3 aromatic rings. The Morgan fingerprint density at radius 1 is 0.926 bits per heavy atom. The van der Waals surface area contributed by atoms with Gasteiger partial charge in [0.15, 0.2) is 0 Å². The summed E-state index contributed by atoms with van der Waals surface area (Å²) < 4.78 is 38.3. The fourth-order valence-corrected chi connectivity index (χ4v) is 3.28. The minimum Gasteiger partial charge on any atom is -0.388 e. The van der Waals surface area contributed by atoms with Crippen LogP contribution in [0.25, 0.3) is 27.6 Å². The Kier molecular flexibility index (Phi) is 5.26. The lowest BCUT2D eigenvalue weighted by Crippen LogP contribution is -2.06. The summed E-state index contributed by atoms with van der Waals surface area (Å²) in [6.07, 6.45) is -1.24. The van der Waals surface area contributed by atoms with Gasteiger partial charge in [0.05, 0.1) is 5.56 Å². The molecule has 0 aliphatic rings. The number of rotatable bonds is 4. The molecule has 0 amide bonds. The predicted octanol–water partition coefficient (Wildman–Crippen LogP) is 6.80. The summed E-state index contributed by atoms with van der Waals surface area (Å²) in [6, 6.07) is 15.6. The molecule has 0 spiro atoms. The van der Waals surface area contributed by atoms with Gasteiger partial charge in [0.2, 0.25) is 0 Å². The van der Waals surface area contributed by atoms with Crippen LogP contribution in [0.2, 0.25) is 0 Å². The molecule has 0 aliphatic heterocycles. The first-order chi connectivity index (χ1) is 12.8. The average molecular weight is 369 g/mol. The van der Waals surface area contributed by atoms with Crippen LogP contribution in [0.4, 0.5) is 13.2 Å². The van der Waals surface area contributed by atoms with E-state index in [1.165, 1.54) is 17.7 Å². The van der Waals surface area contributed by atoms with Gasteiger partial charge in [0.1, 0.15) is 0 Å². The standard InChI is InChI=1S/C23H22F3N/c1-4-5-22(27-3)21-14-19-13-18(7-6-17(19)12-15(21)2)16-8-10-20(11-9-16)23(24,25)26/h5-14,27H,4H2,1-3H3/b22-5-. The lowest BCUT2D eigenvalue weighted by Gasteiger charge is -2.13. The second-order valence-corrected chi connectivity index (χ2v) is 6.58. The minimum absolute atomic E-state index is 0.631. The second kappa shape index (κ2) is 7.47. The fraction of sp³-hybridized carbons (Fsp3) is 0.217. The number of aryl methyl sites for hydroxylation is 1. The molecule has 0 bridgehead atoms. The Morgan fingerprint density at radius 2 is 1.59 bits per heavy atom. The maximum atomic E-state index is 12.8. The summed E-state index contributed by atoms with van der Waals surface area (Å²) in [6.45, 7) is 4.18. The summed E-state index contributed by atoms with van der Waals surface area (Å²) in [5, 5.41) is 5.42. The van der Waals surface area contributed by atoms with Crippen molar-refractivity contribution < 1.29 is 13.2 Å². The van der Waals surface area contributed by atoms with Crippen molar-refractivity contribution in [1.29, 1.82) is 0 Å². The molecule has 27 heavy (non-hydrogen) atoms. The van der Waals surface area contributed by atoms with E-state index in [0.717, 1.165) is 51.7 Å². The molecule has 1 nitrogen and oxygen atoms in total. The van der Waals surface area contributed by atoms with Crippen molar-refractivity contribution in [2.75, 3.05) is 7.05 Å². The maximum Gasteiger partial charge on any atom is 0.416 e. The van der Waals surface area contributed by atoms with Gasteiger partial charge in [0, 0.05) is 18.3 Å². The lowest BCUT2D eigenvalue weighted by atomic mass is 9.95. The van der Waals surface area contributed by atoms with E-state index in [2.05, 4.69) is 37.4 Å². The van der Waals surface area contributed by atoms with Crippen molar-refractivity contribution in [2.45, 2.75) is 26.4 Å². The number of hydrogen-bond donors (Lipinski definition) is 1. The Labute approximate surface area is 157 Å². The van der Waals surface area contributed by atoms with Crippen LogP contribution < -0.4 is 5.32 Å². The van der Waals surface area contributed by atoms with Gasteiger partial charge < -0.3 is 5.32 Å². The van der Waals surface area contributed by atoms with Crippen LogP contribution in [-0.2, 0) is 6.18 Å². The van der Waals surface area contributed by atoms with Gasteiger partial charge in [0.25, 0.3) is 0 Å². The van der Waals surface area contributed by atoms with E-state index in [0.29, 0.717) is 0 Å². The topological polar surface area (TPSA) is 12.0 Å². The Morgan fingerprint density at radius 3 is 2.19 bits per heavy atom. The SMILES string of the molecule is CC/C=C(\NC)c1cc2cc(-c3ccc(C(F)(F)F)cc3)ccc2cc1C. The van der Waals surface area contributed by atoms with Crippen molar-refractivity contribution in [2.24, 2.45) is 0 Å². The highest BCUT2D eigenvalue weighted by Crippen LogP contribution is 2.32. The first-order valence-corrected chi connectivity index (χ1v) is 8.94. The van der Waals surface area contributed by atoms with E-state index < -0.39 is 11.7 Å². The molecular formula is C23H22F3N. The maximum absolute atomic E-state index is 12.8. The summed E-state index contributed by atoms with van der Waals surface area (Å²) in [4.78, 5) is 0. The van der Waals surface area contributed by atoms with Gasteiger partial charge in [-0.2, -0.15) is 13.2 Å². The zero-order valence-electron chi connectivity index (χ0n) is 15.6. The molecule has 0 fully saturated rings. The number of fused-ring (bicyclic) bond motifs is 1. The van der Waals surface area contributed by atoms with E-state index >= 15 is 0 Å². The summed E-state index contributed by atoms with van der Waals surface area (Å²) in [5.41, 5.74) is 4.43. The predicted molar refractivity (Wildman–Crippen MR) is 106 cm³/mol. The van der Waals surface area contributed by atoms with E-state index in [1.54, 1.807) is 0 Å². The molecule has 3 rings (SSSR count). The van der Waals surface area contributed by atoms with Crippen LogP contribution in [0.3, 0.4) is 0 Å². The van der Waals surface area contributed by atoms with E-state index in [9.17, 15) is 13.2 Å². The van der Waals surface area contributed by atoms with Crippen LogP contribution in [-0.4, -0.2) is 7.05 Å². The third kappa shape index (κ3) is 4.00. The largest absolute Gasteiger partial charge is 0.416 e. The normalized spacial score (nSPS) is 12.4. The molecule has 0 unspecified atom stereocenters. The summed E-state index contributed by atoms with van der Waals surface area (Å²) in [7, 11) is 1.91. The Balaban J connectivity index is 2.06. The van der Waals surface area contributed by atoms with Crippen molar-refractivity contribution in [1.82, 2.24) is 5.32 Å². The summed E-state index contributed by atoms with van der Waals surface area (Å²) in [5.74, 6) is 0. The van der Waals surface area contributed by atoms with E-state index in [1.807, 2.05) is 25.2 Å². The quantitative estimate of drug-likeness (QED) is 0.533. The molecule has 0 saturated carbocycles. The molecule has 0 aliphatic carbocycles. The fourth-order valence-electron chi connectivity index (χ4n) is 3.28. The third-order valence-electron chi connectivity index (χ3n) is 4.70. The molecule has 140 valence electrons. The highest BCUT2D eigenvalue weighted by molar-refractivity contribution is 5.91. The van der Waals surface area contributed by atoms with Crippen molar-refractivity contribution in [3.05, 3.63) is 77.4 Å². The van der Waals surface area contributed by atoms with Crippen molar-refractivity contribution in [3.8, 4) is 11.1 Å². The first-order valence-electron chi connectivity index (χ1n) is 8.94. The van der Waals surface area contributed by atoms with Gasteiger partial charge >= 0.3 is 6.18 Å². The zero-order chi connectivity index (χ0) is 19.6. The Bertz CT molecular complexity index is 983. The molecule has 4 heteroatoms. The van der Waals surface area contributed by atoms with Crippen LogP contribution in [0.15, 0.2) is 60.7 Å². The number of benzene rings is 3. The highest BCUT2D eigenvalue weighted by Gasteiger charge is 2.29. The molecule has 0 aromatic heterocycles. The van der Waals surface area contributed by atoms with Gasteiger partial charge in [-0.05, 0) is 65.1 Å². The molecule has 0 heterocycles. The molecule has 0 radical (unpaired) electrons. The van der Waals surface area contributed by atoms with Crippen LogP contribution >= 0.6 is 0 Å². The van der Waals surface area contributed by atoms with Gasteiger partial charge in [-0.1, -0.05) is 43.3 Å². The third-order valence-corrected chi connectivity index (χ3v) is 4.70. The number of nitrogens with one attached hydrogen (secondary N) is 1. The van der Waals surface area contributed by atoms with E-state index in [-0.39, 0.29) is 0 Å². The number of hydrogen-bond acceptors (Lipinski definition) is 1. The zero-order valence-corrected chi connectivity index (χ0v) is 15.6. The molecule has 3 aromatic carbocycles. The van der Waals surface area contributed by atoms with Crippen molar-refractivity contribution in [3.63, 3.8) is 0 Å². The van der Waals surface area contributed by atoms with Crippen molar-refractivity contribution >= 4 is 16.5 Å². The van der Waals surface area contributed by atoms with Crippen LogP contribution in [0, 0.1) is 6.92 Å². The Hall–Kier alpha value is -2.75. The summed E-state index contributed by atoms with van der Waals surface area (Å²) >= 11 is 0. The van der Waals surface area contributed by atoms with Gasteiger partial charge in [-0.15, -0.1) is 0 Å².